The Morgan fingerprint density at radius 1 is 0.964 bits per heavy atom. The summed E-state index contributed by atoms with van der Waals surface area (Å²) in [4.78, 5) is 27.5. The number of hydrogen-bond acceptors (Lipinski definition) is 3. The first-order chi connectivity index (χ1) is 13.7. The average molecular weight is 378 g/mol. The highest BCUT2D eigenvalue weighted by atomic mass is 16.5. The largest absolute Gasteiger partial charge is 0.497 e. The van der Waals surface area contributed by atoms with Gasteiger partial charge in [0.05, 0.1) is 7.11 Å². The second-order valence-electron chi connectivity index (χ2n) is 7.63. The summed E-state index contributed by atoms with van der Waals surface area (Å²) < 4.78 is 5.14. The van der Waals surface area contributed by atoms with E-state index in [1.807, 2.05) is 47.4 Å². The molecule has 5 nitrogen and oxygen atoms in total. The van der Waals surface area contributed by atoms with Gasteiger partial charge in [0.1, 0.15) is 5.75 Å². The minimum absolute atomic E-state index is 0.0243. The molecule has 0 bridgehead atoms. The van der Waals surface area contributed by atoms with Crippen LogP contribution in [0.4, 0.5) is 11.4 Å². The highest BCUT2D eigenvalue weighted by molar-refractivity contribution is 5.97. The van der Waals surface area contributed by atoms with Crippen molar-refractivity contribution in [2.24, 2.45) is 11.8 Å². The van der Waals surface area contributed by atoms with Crippen molar-refractivity contribution in [2.45, 2.75) is 32.1 Å². The summed E-state index contributed by atoms with van der Waals surface area (Å²) in [6.45, 7) is 0.774. The topological polar surface area (TPSA) is 58.6 Å². The number of amides is 2. The van der Waals surface area contributed by atoms with Crippen molar-refractivity contribution in [3.05, 3.63) is 54.1 Å². The van der Waals surface area contributed by atoms with E-state index in [2.05, 4.69) is 11.4 Å². The van der Waals surface area contributed by atoms with Crippen LogP contribution in [0.2, 0.25) is 0 Å². The monoisotopic (exact) mass is 378 g/mol. The molecule has 0 aromatic heterocycles. The van der Waals surface area contributed by atoms with E-state index in [9.17, 15) is 9.59 Å². The molecule has 2 aromatic carbocycles. The molecular formula is C23H26N2O3. The summed E-state index contributed by atoms with van der Waals surface area (Å²) in [7, 11) is 1.62. The fraction of sp³-hybridized carbons (Fsp3) is 0.391. The van der Waals surface area contributed by atoms with E-state index in [1.54, 1.807) is 7.11 Å². The van der Waals surface area contributed by atoms with Gasteiger partial charge in [-0.3, -0.25) is 9.59 Å². The van der Waals surface area contributed by atoms with Crippen LogP contribution in [0.1, 0.15) is 31.2 Å². The maximum Gasteiger partial charge on any atom is 0.230 e. The predicted molar refractivity (Wildman–Crippen MR) is 110 cm³/mol. The van der Waals surface area contributed by atoms with Crippen LogP contribution in [-0.2, 0) is 16.0 Å². The van der Waals surface area contributed by atoms with E-state index in [-0.39, 0.29) is 23.7 Å². The first kappa shape index (κ1) is 18.5. The number of rotatable bonds is 4. The summed E-state index contributed by atoms with van der Waals surface area (Å²) in [5.41, 5.74) is 3.09. The van der Waals surface area contributed by atoms with Crippen molar-refractivity contribution in [3.63, 3.8) is 0 Å². The zero-order chi connectivity index (χ0) is 19.5. The molecule has 4 rings (SSSR count). The summed E-state index contributed by atoms with van der Waals surface area (Å²) >= 11 is 0. The Balaban J connectivity index is 1.31. The average Bonchev–Trinajstić information content (AvgIpc) is 3.18. The fourth-order valence-electron chi connectivity index (χ4n) is 4.31. The third kappa shape index (κ3) is 3.75. The van der Waals surface area contributed by atoms with Gasteiger partial charge in [-0.2, -0.15) is 0 Å². The molecule has 0 radical (unpaired) electrons. The van der Waals surface area contributed by atoms with Crippen molar-refractivity contribution in [2.75, 3.05) is 23.9 Å². The van der Waals surface area contributed by atoms with E-state index >= 15 is 0 Å². The van der Waals surface area contributed by atoms with Crippen LogP contribution in [0.15, 0.2) is 48.5 Å². The number of anilines is 2. The molecule has 146 valence electrons. The van der Waals surface area contributed by atoms with Crippen molar-refractivity contribution in [1.29, 1.82) is 0 Å². The van der Waals surface area contributed by atoms with Gasteiger partial charge in [0, 0.05) is 29.8 Å². The van der Waals surface area contributed by atoms with Crippen LogP contribution in [0.3, 0.4) is 0 Å². The number of nitrogens with one attached hydrogen (secondary N) is 1. The quantitative estimate of drug-likeness (QED) is 0.874. The van der Waals surface area contributed by atoms with Gasteiger partial charge in [-0.25, -0.2) is 0 Å². The van der Waals surface area contributed by atoms with Crippen LogP contribution in [0.5, 0.6) is 5.75 Å². The smallest absolute Gasteiger partial charge is 0.230 e. The summed E-state index contributed by atoms with van der Waals surface area (Å²) in [5, 5.41) is 2.99. The number of para-hydroxylation sites is 1. The first-order valence-corrected chi connectivity index (χ1v) is 10.00. The summed E-state index contributed by atoms with van der Waals surface area (Å²) in [5.74, 6) is 1.02. The van der Waals surface area contributed by atoms with Gasteiger partial charge in [-0.05, 0) is 68.0 Å². The summed E-state index contributed by atoms with van der Waals surface area (Å²) in [6, 6.07) is 15.5. The van der Waals surface area contributed by atoms with Crippen LogP contribution < -0.4 is 15.0 Å². The van der Waals surface area contributed by atoms with Crippen LogP contribution in [-0.4, -0.2) is 25.5 Å². The number of carbonyl (C=O) groups excluding carboxylic acids is 2. The Bertz CT molecular complexity index is 854. The number of fused-ring (bicyclic) bond motifs is 1. The van der Waals surface area contributed by atoms with Gasteiger partial charge in [0.2, 0.25) is 11.8 Å². The predicted octanol–water partition coefficient (Wildman–Crippen LogP) is 4.03. The Morgan fingerprint density at radius 2 is 1.64 bits per heavy atom. The molecule has 2 aliphatic rings. The molecule has 5 heteroatoms. The van der Waals surface area contributed by atoms with Crippen LogP contribution in [0, 0.1) is 11.8 Å². The molecule has 2 amide bonds. The van der Waals surface area contributed by atoms with E-state index < -0.39 is 0 Å². The fourth-order valence-corrected chi connectivity index (χ4v) is 4.31. The lowest BCUT2D eigenvalue weighted by molar-refractivity contribution is -0.126. The lowest BCUT2D eigenvalue weighted by Crippen LogP contribution is -2.38. The van der Waals surface area contributed by atoms with E-state index in [0.717, 1.165) is 55.8 Å². The third-order valence-corrected chi connectivity index (χ3v) is 5.96. The molecule has 1 N–H and O–H groups in total. The maximum atomic E-state index is 13.0. The van der Waals surface area contributed by atoms with Gasteiger partial charge < -0.3 is 15.0 Å². The third-order valence-electron chi connectivity index (χ3n) is 5.96. The van der Waals surface area contributed by atoms with Gasteiger partial charge in [-0.1, -0.05) is 18.2 Å². The molecule has 2 aromatic rings. The highest BCUT2D eigenvalue weighted by Crippen LogP contribution is 2.35. The molecule has 28 heavy (non-hydrogen) atoms. The van der Waals surface area contributed by atoms with Gasteiger partial charge >= 0.3 is 0 Å². The Labute approximate surface area is 165 Å². The lowest BCUT2D eigenvalue weighted by atomic mass is 9.81. The molecule has 0 unspecified atom stereocenters. The number of nitrogens with zero attached hydrogens (tertiary/aromatic N) is 1. The number of carbonyl (C=O) groups is 2. The maximum absolute atomic E-state index is 13.0. The standard InChI is InChI=1S/C23H26N2O3/c1-28-20-12-10-19(11-13-20)24-22(26)17-6-8-18(9-7-17)23(27)25-15-14-16-4-2-3-5-21(16)25/h2-5,10-13,17-18H,6-9,14-15H2,1H3,(H,24,26). The van der Waals surface area contributed by atoms with E-state index in [1.165, 1.54) is 5.56 Å². The van der Waals surface area contributed by atoms with Gasteiger partial charge in [0.15, 0.2) is 0 Å². The molecule has 1 fully saturated rings. The number of benzene rings is 2. The Kier molecular flexibility index (Phi) is 5.33. The molecule has 0 saturated heterocycles. The highest BCUT2D eigenvalue weighted by Gasteiger charge is 2.34. The number of methoxy groups -OCH3 is 1. The van der Waals surface area contributed by atoms with Crippen molar-refractivity contribution >= 4 is 23.2 Å². The zero-order valence-electron chi connectivity index (χ0n) is 16.2. The second-order valence-corrected chi connectivity index (χ2v) is 7.63. The molecular weight excluding hydrogens is 352 g/mol. The zero-order valence-corrected chi connectivity index (χ0v) is 16.2. The van der Waals surface area contributed by atoms with Crippen molar-refractivity contribution in [1.82, 2.24) is 0 Å². The molecule has 1 heterocycles. The van der Waals surface area contributed by atoms with Crippen molar-refractivity contribution < 1.29 is 14.3 Å². The molecule has 1 saturated carbocycles. The molecule has 1 aliphatic carbocycles. The van der Waals surface area contributed by atoms with Crippen LogP contribution in [0.25, 0.3) is 0 Å². The minimum Gasteiger partial charge on any atom is -0.497 e. The Hall–Kier alpha value is -2.82. The molecule has 1 aliphatic heterocycles. The lowest BCUT2D eigenvalue weighted by Gasteiger charge is -2.30. The number of hydrogen-bond donors (Lipinski definition) is 1. The van der Waals surface area contributed by atoms with E-state index in [4.69, 9.17) is 4.74 Å². The first-order valence-electron chi connectivity index (χ1n) is 10.00. The summed E-state index contributed by atoms with van der Waals surface area (Å²) in [6.07, 6.45) is 4.00. The molecule has 0 spiro atoms. The SMILES string of the molecule is COc1ccc(NC(=O)C2CCC(C(=O)N3CCc4ccccc43)CC2)cc1. The second kappa shape index (κ2) is 8.05. The van der Waals surface area contributed by atoms with Crippen molar-refractivity contribution in [3.8, 4) is 5.75 Å². The normalized spacial score (nSPS) is 21.1. The van der Waals surface area contributed by atoms with Gasteiger partial charge in [0.25, 0.3) is 0 Å². The van der Waals surface area contributed by atoms with Gasteiger partial charge in [-0.15, -0.1) is 0 Å². The number of ether oxygens (including phenoxy) is 1. The van der Waals surface area contributed by atoms with Crippen LogP contribution >= 0.6 is 0 Å². The molecule has 0 atom stereocenters. The Morgan fingerprint density at radius 3 is 2.36 bits per heavy atom. The minimum atomic E-state index is -0.0305. The van der Waals surface area contributed by atoms with E-state index in [0.29, 0.717) is 0 Å².